The molecule has 0 fully saturated rings. The molecule has 0 unspecified atom stereocenters. The first-order chi connectivity index (χ1) is 16.4. The summed E-state index contributed by atoms with van der Waals surface area (Å²) in [5.41, 5.74) is 1.82. The number of hydrogen-bond acceptors (Lipinski definition) is 6. The maximum Gasteiger partial charge on any atom is 0.337 e. The fraction of sp³-hybridized carbons (Fsp3) is 0.333. The van der Waals surface area contributed by atoms with Gasteiger partial charge in [-0.1, -0.05) is 18.1 Å². The topological polar surface area (TPSA) is 102 Å². The molecule has 0 spiro atoms. The number of carboxylic acid groups (broad SMARTS) is 1. The number of carbonyl (C=O) groups is 2. The third kappa shape index (κ3) is 5.52. The normalized spacial score (nSPS) is 11.2. The second-order valence-corrected chi connectivity index (χ2v) is 9.38. The van der Waals surface area contributed by atoms with Crippen molar-refractivity contribution < 1.29 is 19.4 Å². The fourth-order valence-corrected chi connectivity index (χ4v) is 3.66. The molecule has 0 bridgehead atoms. The SMILES string of the molecule is C#CCN(Cc1cc2c(=O)n(COC(=O)C(C)(C)C)c(C)nc2cc1C)c1ccccc1C(=O)O. The smallest absolute Gasteiger partial charge is 0.337 e. The van der Waals surface area contributed by atoms with Crippen molar-refractivity contribution in [3.63, 3.8) is 0 Å². The first-order valence-electron chi connectivity index (χ1n) is 11.1. The van der Waals surface area contributed by atoms with Crippen LogP contribution < -0.4 is 10.5 Å². The first kappa shape index (κ1) is 25.5. The number of carbonyl (C=O) groups excluding carboxylic acids is 1. The largest absolute Gasteiger partial charge is 0.478 e. The Bertz CT molecular complexity index is 1390. The number of aromatic nitrogens is 2. The highest BCUT2D eigenvalue weighted by atomic mass is 16.5. The Morgan fingerprint density at radius 2 is 1.89 bits per heavy atom. The van der Waals surface area contributed by atoms with Gasteiger partial charge in [0, 0.05) is 6.54 Å². The molecule has 0 amide bonds. The van der Waals surface area contributed by atoms with Crippen LogP contribution in [0.4, 0.5) is 5.69 Å². The van der Waals surface area contributed by atoms with Gasteiger partial charge in [0.1, 0.15) is 5.82 Å². The zero-order chi connectivity index (χ0) is 25.9. The Balaban J connectivity index is 2.04. The van der Waals surface area contributed by atoms with Crippen LogP contribution in [0.2, 0.25) is 0 Å². The minimum atomic E-state index is -1.05. The van der Waals surface area contributed by atoms with Crippen LogP contribution >= 0.6 is 0 Å². The number of ether oxygens (including phenoxy) is 1. The highest BCUT2D eigenvalue weighted by Gasteiger charge is 2.24. The molecule has 2 aromatic carbocycles. The molecular weight excluding hydrogens is 446 g/mol. The molecular formula is C27H29N3O5. The Labute approximate surface area is 204 Å². The van der Waals surface area contributed by atoms with E-state index in [0.717, 1.165) is 11.1 Å². The number of terminal acetylenes is 1. The Morgan fingerprint density at radius 3 is 2.51 bits per heavy atom. The van der Waals surface area contributed by atoms with Gasteiger partial charge in [-0.05, 0) is 70.0 Å². The molecule has 182 valence electrons. The fourth-order valence-electron chi connectivity index (χ4n) is 3.66. The Hall–Kier alpha value is -4.12. The Kier molecular flexibility index (Phi) is 7.30. The van der Waals surface area contributed by atoms with Gasteiger partial charge in [0.05, 0.1) is 34.1 Å². The van der Waals surface area contributed by atoms with Crippen LogP contribution in [-0.4, -0.2) is 33.1 Å². The van der Waals surface area contributed by atoms with Crippen LogP contribution in [0, 0.1) is 31.6 Å². The summed E-state index contributed by atoms with van der Waals surface area (Å²) in [5.74, 6) is 1.54. The molecule has 8 heteroatoms. The van der Waals surface area contributed by atoms with Crippen LogP contribution in [0.15, 0.2) is 41.2 Å². The van der Waals surface area contributed by atoms with E-state index in [9.17, 15) is 19.5 Å². The second kappa shape index (κ2) is 10.0. The van der Waals surface area contributed by atoms with Gasteiger partial charge in [-0.3, -0.25) is 14.2 Å². The molecule has 1 aromatic heterocycles. The van der Waals surface area contributed by atoms with Gasteiger partial charge in [-0.25, -0.2) is 9.78 Å². The van der Waals surface area contributed by atoms with Gasteiger partial charge < -0.3 is 14.7 Å². The second-order valence-electron chi connectivity index (χ2n) is 9.38. The molecule has 3 rings (SSSR count). The van der Waals surface area contributed by atoms with Crippen molar-refractivity contribution in [3.05, 3.63) is 69.3 Å². The van der Waals surface area contributed by atoms with Crippen molar-refractivity contribution in [3.8, 4) is 12.3 Å². The molecule has 3 aromatic rings. The lowest BCUT2D eigenvalue weighted by atomic mass is 9.98. The predicted octanol–water partition coefficient (Wildman–Crippen LogP) is 3.90. The van der Waals surface area contributed by atoms with Crippen LogP contribution in [-0.2, 0) is 22.8 Å². The number of hydrogen-bond donors (Lipinski definition) is 1. The van der Waals surface area contributed by atoms with Crippen molar-refractivity contribution in [2.24, 2.45) is 5.41 Å². The van der Waals surface area contributed by atoms with Crippen molar-refractivity contribution in [2.45, 2.75) is 47.9 Å². The summed E-state index contributed by atoms with van der Waals surface area (Å²) in [5, 5.41) is 9.98. The number of rotatable bonds is 7. The van der Waals surface area contributed by atoms with Gasteiger partial charge in [0.25, 0.3) is 5.56 Å². The minimum absolute atomic E-state index is 0.140. The molecule has 0 atom stereocenters. The van der Waals surface area contributed by atoms with Gasteiger partial charge >= 0.3 is 11.9 Å². The van der Waals surface area contributed by atoms with E-state index in [1.165, 1.54) is 10.6 Å². The van der Waals surface area contributed by atoms with E-state index in [0.29, 0.717) is 29.0 Å². The molecule has 0 aliphatic rings. The Morgan fingerprint density at radius 1 is 1.20 bits per heavy atom. The van der Waals surface area contributed by atoms with Crippen LogP contribution in [0.25, 0.3) is 10.9 Å². The standard InChI is InChI=1S/C27H29N3O5/c1-7-12-29(23-11-9-8-10-20(23)25(32)33)15-19-14-21-22(13-17(19)2)28-18(3)30(24(21)31)16-35-26(34)27(4,5)6/h1,8-11,13-14H,12,15-16H2,2-6H3,(H,32,33). The average molecular weight is 476 g/mol. The third-order valence-electron chi connectivity index (χ3n) is 5.66. The summed E-state index contributed by atoms with van der Waals surface area (Å²) < 4.78 is 6.67. The van der Waals surface area contributed by atoms with E-state index in [1.54, 1.807) is 56.9 Å². The van der Waals surface area contributed by atoms with Gasteiger partial charge in [0.2, 0.25) is 0 Å². The van der Waals surface area contributed by atoms with Gasteiger partial charge in [0.15, 0.2) is 6.73 Å². The third-order valence-corrected chi connectivity index (χ3v) is 5.66. The summed E-state index contributed by atoms with van der Waals surface area (Å²) in [7, 11) is 0. The number of aryl methyl sites for hydroxylation is 2. The van der Waals surface area contributed by atoms with Crippen molar-refractivity contribution in [1.29, 1.82) is 0 Å². The maximum absolute atomic E-state index is 13.3. The van der Waals surface area contributed by atoms with E-state index in [4.69, 9.17) is 11.2 Å². The molecule has 1 heterocycles. The summed E-state index contributed by atoms with van der Waals surface area (Å²) in [6.07, 6.45) is 5.58. The predicted molar refractivity (Wildman–Crippen MR) is 134 cm³/mol. The molecule has 0 aliphatic carbocycles. The lowest BCUT2D eigenvalue weighted by Crippen LogP contribution is -2.30. The van der Waals surface area contributed by atoms with E-state index in [1.807, 2.05) is 13.0 Å². The number of esters is 1. The monoisotopic (exact) mass is 475 g/mol. The summed E-state index contributed by atoms with van der Waals surface area (Å²) in [6, 6.07) is 10.2. The van der Waals surface area contributed by atoms with Crippen molar-refractivity contribution >= 4 is 28.5 Å². The van der Waals surface area contributed by atoms with E-state index in [2.05, 4.69) is 10.9 Å². The molecule has 0 radical (unpaired) electrons. The van der Waals surface area contributed by atoms with Gasteiger partial charge in [-0.15, -0.1) is 6.42 Å². The lowest BCUT2D eigenvalue weighted by Gasteiger charge is -2.25. The van der Waals surface area contributed by atoms with Crippen LogP contribution in [0.1, 0.15) is 48.1 Å². The number of fused-ring (bicyclic) bond motifs is 1. The average Bonchev–Trinajstić information content (AvgIpc) is 2.78. The maximum atomic E-state index is 13.3. The summed E-state index contributed by atoms with van der Waals surface area (Å²) in [4.78, 5) is 43.6. The molecule has 35 heavy (non-hydrogen) atoms. The number of nitrogens with zero attached hydrogens (tertiary/aromatic N) is 3. The first-order valence-corrected chi connectivity index (χ1v) is 11.1. The lowest BCUT2D eigenvalue weighted by molar-refractivity contribution is -0.157. The van der Waals surface area contributed by atoms with Crippen molar-refractivity contribution in [1.82, 2.24) is 9.55 Å². The molecule has 0 saturated heterocycles. The van der Waals surface area contributed by atoms with E-state index >= 15 is 0 Å². The zero-order valence-electron chi connectivity index (χ0n) is 20.6. The van der Waals surface area contributed by atoms with E-state index in [-0.39, 0.29) is 24.4 Å². The zero-order valence-corrected chi connectivity index (χ0v) is 20.6. The molecule has 0 saturated carbocycles. The molecule has 1 N–H and O–H groups in total. The van der Waals surface area contributed by atoms with E-state index < -0.39 is 17.4 Å². The van der Waals surface area contributed by atoms with Crippen molar-refractivity contribution in [2.75, 3.05) is 11.4 Å². The number of anilines is 1. The van der Waals surface area contributed by atoms with Crippen LogP contribution in [0.5, 0.6) is 0 Å². The number of para-hydroxylation sites is 1. The molecule has 8 nitrogen and oxygen atoms in total. The summed E-state index contributed by atoms with van der Waals surface area (Å²) in [6.45, 7) is 9.05. The number of carboxylic acids is 1. The van der Waals surface area contributed by atoms with Gasteiger partial charge in [-0.2, -0.15) is 0 Å². The number of aromatic carboxylic acids is 1. The highest BCUT2D eigenvalue weighted by Crippen LogP contribution is 2.25. The number of benzene rings is 2. The molecule has 0 aliphatic heterocycles. The summed E-state index contributed by atoms with van der Waals surface area (Å²) >= 11 is 0. The quantitative estimate of drug-likeness (QED) is 0.408. The van der Waals surface area contributed by atoms with Crippen LogP contribution in [0.3, 0.4) is 0 Å². The minimum Gasteiger partial charge on any atom is -0.478 e. The highest BCUT2D eigenvalue weighted by molar-refractivity contribution is 5.94.